The molecule has 2 heterocycles. The van der Waals surface area contributed by atoms with Crippen LogP contribution in [0.15, 0.2) is 97.1 Å². The summed E-state index contributed by atoms with van der Waals surface area (Å²) in [4.78, 5) is 22.7. The second-order valence-electron chi connectivity index (χ2n) is 7.44. The average molecular weight is 384 g/mol. The topological polar surface area (TPSA) is 42.9 Å². The van der Waals surface area contributed by atoms with E-state index in [0.29, 0.717) is 11.4 Å². The summed E-state index contributed by atoms with van der Waals surface area (Å²) in [5.41, 5.74) is 2.49. The molecular weight excluding hydrogens is 368 g/mol. The molecule has 0 bridgehead atoms. The summed E-state index contributed by atoms with van der Waals surface area (Å²) < 4.78 is 0. The summed E-state index contributed by atoms with van der Waals surface area (Å²) >= 11 is 0. The van der Waals surface area contributed by atoms with E-state index < -0.39 is 0 Å². The third-order valence-corrected chi connectivity index (χ3v) is 5.63. The zero-order valence-electron chi connectivity index (χ0n) is 16.0. The van der Waals surface area contributed by atoms with Gasteiger partial charge in [-0.2, -0.15) is 0 Å². The third-order valence-electron chi connectivity index (χ3n) is 5.63. The molecule has 3 nitrogen and oxygen atoms in total. The molecule has 140 valence electrons. The van der Waals surface area contributed by atoms with Gasteiger partial charge in [-0.3, -0.25) is 4.79 Å². The van der Waals surface area contributed by atoms with Crippen molar-refractivity contribution >= 4 is 49.1 Å². The van der Waals surface area contributed by atoms with E-state index in [4.69, 9.17) is 9.97 Å². The van der Waals surface area contributed by atoms with Crippen LogP contribution in [0.2, 0.25) is 0 Å². The number of hydrogen-bond acceptors (Lipinski definition) is 3. The lowest BCUT2D eigenvalue weighted by Gasteiger charge is -2.07. The molecule has 0 saturated heterocycles. The maximum Gasteiger partial charge on any atom is 0.229 e. The molecule has 0 saturated carbocycles. The minimum atomic E-state index is -0.167. The molecule has 2 aromatic heterocycles. The van der Waals surface area contributed by atoms with Crippen LogP contribution in [-0.2, 0) is 0 Å². The fourth-order valence-corrected chi connectivity index (χ4v) is 4.10. The van der Waals surface area contributed by atoms with Crippen LogP contribution in [0.5, 0.6) is 0 Å². The summed E-state index contributed by atoms with van der Waals surface area (Å²) in [6.07, 6.45) is 0. The Hall–Kier alpha value is -4.11. The zero-order chi connectivity index (χ0) is 20.1. The molecular formula is C27H16N2O. The molecule has 0 aliphatic carbocycles. The molecule has 6 aromatic rings. The van der Waals surface area contributed by atoms with Crippen LogP contribution in [0, 0.1) is 0 Å². The van der Waals surface area contributed by atoms with E-state index in [9.17, 15) is 4.79 Å². The predicted octanol–water partition coefficient (Wildman–Crippen LogP) is 6.32. The smallest absolute Gasteiger partial charge is 0.229 e. The van der Waals surface area contributed by atoms with Crippen molar-refractivity contribution in [1.82, 2.24) is 9.97 Å². The highest BCUT2D eigenvalue weighted by molar-refractivity contribution is 6.12. The first-order valence-corrected chi connectivity index (χ1v) is 9.90. The van der Waals surface area contributed by atoms with Gasteiger partial charge in [-0.25, -0.2) is 9.97 Å². The lowest BCUT2D eigenvalue weighted by molar-refractivity contribution is 0.103. The number of nitrogens with zero attached hydrogens (tertiary/aromatic N) is 2. The first kappa shape index (κ1) is 16.8. The molecule has 3 heteroatoms. The van der Waals surface area contributed by atoms with Gasteiger partial charge in [0.25, 0.3) is 0 Å². The van der Waals surface area contributed by atoms with Gasteiger partial charge < -0.3 is 0 Å². The SMILES string of the molecule is O=C(c1ccc2ccc3ccccc3c2n1)c1ccc2ccc3ccccc3c2n1. The van der Waals surface area contributed by atoms with Crippen LogP contribution in [-0.4, -0.2) is 15.8 Å². The number of ketones is 1. The van der Waals surface area contributed by atoms with E-state index in [1.165, 1.54) is 0 Å². The molecule has 0 aliphatic heterocycles. The summed E-state index contributed by atoms with van der Waals surface area (Å²) in [6, 6.07) is 31.9. The maximum absolute atomic E-state index is 13.3. The molecule has 0 radical (unpaired) electrons. The van der Waals surface area contributed by atoms with Crippen LogP contribution in [0.1, 0.15) is 16.2 Å². The van der Waals surface area contributed by atoms with Gasteiger partial charge in [-0.1, -0.05) is 84.9 Å². The quantitative estimate of drug-likeness (QED) is 0.259. The second-order valence-corrected chi connectivity index (χ2v) is 7.44. The first-order valence-electron chi connectivity index (χ1n) is 9.90. The van der Waals surface area contributed by atoms with E-state index in [1.54, 1.807) is 12.1 Å². The van der Waals surface area contributed by atoms with E-state index >= 15 is 0 Å². The number of aromatic nitrogens is 2. The van der Waals surface area contributed by atoms with E-state index in [2.05, 4.69) is 24.3 Å². The van der Waals surface area contributed by atoms with Gasteiger partial charge in [0.15, 0.2) is 0 Å². The molecule has 0 amide bonds. The Balaban J connectivity index is 1.53. The minimum Gasteiger partial charge on any atom is -0.285 e. The normalized spacial score (nSPS) is 11.5. The first-order chi connectivity index (χ1) is 14.8. The summed E-state index contributed by atoms with van der Waals surface area (Å²) in [6.45, 7) is 0. The van der Waals surface area contributed by atoms with Crippen LogP contribution in [0.3, 0.4) is 0 Å². The van der Waals surface area contributed by atoms with Crippen molar-refractivity contribution in [2.24, 2.45) is 0 Å². The Morgan fingerprint density at radius 3 is 1.37 bits per heavy atom. The lowest BCUT2D eigenvalue weighted by Crippen LogP contribution is -2.06. The average Bonchev–Trinajstić information content (AvgIpc) is 2.82. The van der Waals surface area contributed by atoms with E-state index in [1.807, 2.05) is 60.7 Å². The molecule has 0 unspecified atom stereocenters. The highest BCUT2D eigenvalue weighted by Crippen LogP contribution is 2.26. The van der Waals surface area contributed by atoms with Crippen molar-refractivity contribution in [1.29, 1.82) is 0 Å². The Bertz CT molecular complexity index is 1500. The fraction of sp³-hybridized carbons (Fsp3) is 0. The van der Waals surface area contributed by atoms with Crippen molar-refractivity contribution in [2.75, 3.05) is 0 Å². The van der Waals surface area contributed by atoms with Gasteiger partial charge in [-0.15, -0.1) is 0 Å². The van der Waals surface area contributed by atoms with Crippen molar-refractivity contribution in [3.63, 3.8) is 0 Å². The van der Waals surface area contributed by atoms with E-state index in [0.717, 1.165) is 43.4 Å². The van der Waals surface area contributed by atoms with E-state index in [-0.39, 0.29) is 5.78 Å². The minimum absolute atomic E-state index is 0.167. The van der Waals surface area contributed by atoms with Gasteiger partial charge in [-0.05, 0) is 22.9 Å². The van der Waals surface area contributed by atoms with Crippen LogP contribution < -0.4 is 0 Å². The Morgan fingerprint density at radius 1 is 0.467 bits per heavy atom. The highest BCUT2D eigenvalue weighted by Gasteiger charge is 2.15. The predicted molar refractivity (Wildman–Crippen MR) is 122 cm³/mol. The van der Waals surface area contributed by atoms with Gasteiger partial charge in [0.2, 0.25) is 5.78 Å². The van der Waals surface area contributed by atoms with Gasteiger partial charge in [0, 0.05) is 21.5 Å². The number of hydrogen-bond donors (Lipinski definition) is 0. The van der Waals surface area contributed by atoms with Crippen molar-refractivity contribution in [3.05, 3.63) is 108 Å². The number of rotatable bonds is 2. The summed E-state index contributed by atoms with van der Waals surface area (Å²) in [5.74, 6) is -0.167. The number of benzene rings is 4. The number of pyridine rings is 2. The number of fused-ring (bicyclic) bond motifs is 6. The summed E-state index contributed by atoms with van der Waals surface area (Å²) in [7, 11) is 0. The molecule has 0 fully saturated rings. The fourth-order valence-electron chi connectivity index (χ4n) is 4.10. The Morgan fingerprint density at radius 2 is 0.867 bits per heavy atom. The highest BCUT2D eigenvalue weighted by atomic mass is 16.1. The van der Waals surface area contributed by atoms with Gasteiger partial charge >= 0.3 is 0 Å². The van der Waals surface area contributed by atoms with Gasteiger partial charge in [0.1, 0.15) is 11.4 Å². The largest absolute Gasteiger partial charge is 0.285 e. The standard InChI is InChI=1S/C27H16N2O/c30-27(23-15-13-19-11-9-17-5-1-3-7-21(17)25(19)28-23)24-16-14-20-12-10-18-6-2-4-8-22(18)26(20)29-24/h1-16H. The lowest BCUT2D eigenvalue weighted by atomic mass is 10.0. The third kappa shape index (κ3) is 2.56. The molecule has 0 N–H and O–H groups in total. The number of carbonyl (C=O) groups excluding carboxylic acids is 1. The monoisotopic (exact) mass is 384 g/mol. The molecule has 6 rings (SSSR count). The van der Waals surface area contributed by atoms with Crippen molar-refractivity contribution in [3.8, 4) is 0 Å². The van der Waals surface area contributed by atoms with Crippen molar-refractivity contribution < 1.29 is 4.79 Å². The van der Waals surface area contributed by atoms with Crippen LogP contribution in [0.4, 0.5) is 0 Å². The molecule has 0 aliphatic rings. The Kier molecular flexibility index (Phi) is 3.62. The molecule has 0 atom stereocenters. The van der Waals surface area contributed by atoms with Gasteiger partial charge in [0.05, 0.1) is 11.0 Å². The summed E-state index contributed by atoms with van der Waals surface area (Å²) in [5, 5.41) is 6.34. The Labute approximate surface area is 172 Å². The number of carbonyl (C=O) groups is 1. The second kappa shape index (κ2) is 6.46. The zero-order valence-corrected chi connectivity index (χ0v) is 16.0. The molecule has 0 spiro atoms. The molecule has 4 aromatic carbocycles. The maximum atomic E-state index is 13.3. The van der Waals surface area contributed by atoms with Crippen LogP contribution >= 0.6 is 0 Å². The molecule has 30 heavy (non-hydrogen) atoms. The van der Waals surface area contributed by atoms with Crippen molar-refractivity contribution in [2.45, 2.75) is 0 Å². The van der Waals surface area contributed by atoms with Crippen LogP contribution in [0.25, 0.3) is 43.4 Å².